The molecule has 0 radical (unpaired) electrons. The van der Waals surface area contributed by atoms with E-state index >= 15 is 0 Å². The van der Waals surface area contributed by atoms with Crippen LogP contribution in [0.1, 0.15) is 31.9 Å². The van der Waals surface area contributed by atoms with E-state index < -0.39 is 0 Å². The molecule has 1 atom stereocenters. The van der Waals surface area contributed by atoms with Gasteiger partial charge in [-0.2, -0.15) is 0 Å². The van der Waals surface area contributed by atoms with Gasteiger partial charge in [-0.3, -0.25) is 0 Å². The standard InChI is InChI=1S/C16H25NO2/c1-4-18-11-15(12(2)3)17-10-13-5-6-16-14(9-13)7-8-19-16/h5-6,9,12,15,17H,4,7-8,10-11H2,1-3H3. The Balaban J connectivity index is 1.89. The van der Waals surface area contributed by atoms with Crippen molar-refractivity contribution in [1.29, 1.82) is 0 Å². The van der Waals surface area contributed by atoms with Crippen LogP contribution in [0.25, 0.3) is 0 Å². The van der Waals surface area contributed by atoms with E-state index in [4.69, 9.17) is 9.47 Å². The lowest BCUT2D eigenvalue weighted by molar-refractivity contribution is 0.108. The minimum atomic E-state index is 0.407. The lowest BCUT2D eigenvalue weighted by Crippen LogP contribution is -2.37. The predicted octanol–water partition coefficient (Wildman–Crippen LogP) is 2.77. The number of fused-ring (bicyclic) bond motifs is 1. The highest BCUT2D eigenvalue weighted by molar-refractivity contribution is 5.39. The first kappa shape index (κ1) is 14.4. The molecule has 3 heteroatoms. The highest BCUT2D eigenvalue weighted by atomic mass is 16.5. The van der Waals surface area contributed by atoms with Crippen LogP contribution in [0.4, 0.5) is 0 Å². The molecule has 3 nitrogen and oxygen atoms in total. The molecule has 0 aromatic heterocycles. The summed E-state index contributed by atoms with van der Waals surface area (Å²) in [5.41, 5.74) is 2.66. The van der Waals surface area contributed by atoms with Gasteiger partial charge in [-0.05, 0) is 30.0 Å². The van der Waals surface area contributed by atoms with Gasteiger partial charge < -0.3 is 14.8 Å². The molecular weight excluding hydrogens is 238 g/mol. The predicted molar refractivity (Wildman–Crippen MR) is 77.6 cm³/mol. The summed E-state index contributed by atoms with van der Waals surface area (Å²) in [7, 11) is 0. The highest BCUT2D eigenvalue weighted by Crippen LogP contribution is 2.25. The first-order valence-electron chi connectivity index (χ1n) is 7.26. The van der Waals surface area contributed by atoms with Gasteiger partial charge in [0.05, 0.1) is 13.2 Å². The van der Waals surface area contributed by atoms with E-state index in [-0.39, 0.29) is 0 Å². The molecule has 1 N–H and O–H groups in total. The van der Waals surface area contributed by atoms with Gasteiger partial charge in [0.25, 0.3) is 0 Å². The van der Waals surface area contributed by atoms with Crippen LogP contribution in [-0.4, -0.2) is 25.9 Å². The van der Waals surface area contributed by atoms with Crippen molar-refractivity contribution < 1.29 is 9.47 Å². The van der Waals surface area contributed by atoms with Crippen LogP contribution in [0.5, 0.6) is 5.75 Å². The fraction of sp³-hybridized carbons (Fsp3) is 0.625. The first-order chi connectivity index (χ1) is 9.20. The number of ether oxygens (including phenoxy) is 2. The SMILES string of the molecule is CCOCC(NCc1ccc2c(c1)CCO2)C(C)C. The van der Waals surface area contributed by atoms with Crippen molar-refractivity contribution in [2.45, 2.75) is 39.8 Å². The zero-order valence-corrected chi connectivity index (χ0v) is 12.2. The number of hydrogen-bond acceptors (Lipinski definition) is 3. The summed E-state index contributed by atoms with van der Waals surface area (Å²) in [4.78, 5) is 0. The number of benzene rings is 1. The second-order valence-corrected chi connectivity index (χ2v) is 5.43. The third-order valence-electron chi connectivity index (χ3n) is 3.63. The van der Waals surface area contributed by atoms with Crippen LogP contribution in [0.2, 0.25) is 0 Å². The minimum absolute atomic E-state index is 0.407. The van der Waals surface area contributed by atoms with Gasteiger partial charge in [0.15, 0.2) is 0 Å². The fourth-order valence-corrected chi connectivity index (χ4v) is 2.33. The Labute approximate surface area is 116 Å². The first-order valence-corrected chi connectivity index (χ1v) is 7.26. The van der Waals surface area contributed by atoms with Crippen molar-refractivity contribution in [3.05, 3.63) is 29.3 Å². The van der Waals surface area contributed by atoms with Crippen molar-refractivity contribution in [2.75, 3.05) is 19.8 Å². The smallest absolute Gasteiger partial charge is 0.122 e. The average molecular weight is 263 g/mol. The molecule has 0 bridgehead atoms. The second kappa shape index (κ2) is 6.92. The molecule has 1 unspecified atom stereocenters. The zero-order chi connectivity index (χ0) is 13.7. The molecule has 0 amide bonds. The van der Waals surface area contributed by atoms with Gasteiger partial charge in [-0.15, -0.1) is 0 Å². The van der Waals surface area contributed by atoms with Gasteiger partial charge in [-0.25, -0.2) is 0 Å². The summed E-state index contributed by atoms with van der Waals surface area (Å²) in [5, 5.41) is 3.60. The molecule has 1 aliphatic rings. The summed E-state index contributed by atoms with van der Waals surface area (Å²) >= 11 is 0. The maximum absolute atomic E-state index is 5.54. The zero-order valence-electron chi connectivity index (χ0n) is 12.2. The van der Waals surface area contributed by atoms with Gasteiger partial charge in [0.1, 0.15) is 5.75 Å². The summed E-state index contributed by atoms with van der Waals surface area (Å²) < 4.78 is 11.1. The molecule has 19 heavy (non-hydrogen) atoms. The molecule has 0 saturated carbocycles. The van der Waals surface area contributed by atoms with Gasteiger partial charge >= 0.3 is 0 Å². The number of nitrogens with one attached hydrogen (secondary N) is 1. The van der Waals surface area contributed by atoms with Crippen LogP contribution in [0.15, 0.2) is 18.2 Å². The Morgan fingerprint density at radius 3 is 2.95 bits per heavy atom. The van der Waals surface area contributed by atoms with Crippen molar-refractivity contribution in [2.24, 2.45) is 5.92 Å². The van der Waals surface area contributed by atoms with E-state index in [9.17, 15) is 0 Å². The number of rotatable bonds is 7. The van der Waals surface area contributed by atoms with Gasteiger partial charge in [-0.1, -0.05) is 26.0 Å². The normalized spacial score (nSPS) is 15.4. The van der Waals surface area contributed by atoms with Crippen LogP contribution in [0, 0.1) is 5.92 Å². The molecule has 1 aliphatic heterocycles. The Hall–Kier alpha value is -1.06. The molecule has 2 rings (SSSR count). The molecule has 0 saturated heterocycles. The molecule has 0 fully saturated rings. The van der Waals surface area contributed by atoms with Crippen LogP contribution >= 0.6 is 0 Å². The monoisotopic (exact) mass is 263 g/mol. The molecular formula is C16H25NO2. The Kier molecular flexibility index (Phi) is 5.23. The summed E-state index contributed by atoms with van der Waals surface area (Å²) in [6, 6.07) is 6.90. The maximum atomic E-state index is 5.54. The van der Waals surface area contributed by atoms with Crippen molar-refractivity contribution >= 4 is 0 Å². The Bertz CT molecular complexity index is 404. The fourth-order valence-electron chi connectivity index (χ4n) is 2.33. The largest absolute Gasteiger partial charge is 0.493 e. The quantitative estimate of drug-likeness (QED) is 0.820. The summed E-state index contributed by atoms with van der Waals surface area (Å²) in [6.45, 7) is 9.77. The van der Waals surface area contributed by atoms with Gasteiger partial charge in [0, 0.05) is 25.6 Å². The maximum Gasteiger partial charge on any atom is 0.122 e. The second-order valence-electron chi connectivity index (χ2n) is 5.43. The van der Waals surface area contributed by atoms with E-state index in [2.05, 4.69) is 37.4 Å². The van der Waals surface area contributed by atoms with E-state index in [0.717, 1.165) is 38.5 Å². The van der Waals surface area contributed by atoms with E-state index in [1.807, 2.05) is 6.92 Å². The van der Waals surface area contributed by atoms with E-state index in [1.54, 1.807) is 0 Å². The Morgan fingerprint density at radius 1 is 1.37 bits per heavy atom. The summed E-state index contributed by atoms with van der Waals surface area (Å²) in [6.07, 6.45) is 1.04. The topological polar surface area (TPSA) is 30.5 Å². The molecule has 0 spiro atoms. The Morgan fingerprint density at radius 2 is 2.21 bits per heavy atom. The van der Waals surface area contributed by atoms with Crippen LogP contribution < -0.4 is 10.1 Å². The third-order valence-corrected chi connectivity index (χ3v) is 3.63. The van der Waals surface area contributed by atoms with Crippen molar-refractivity contribution in [3.63, 3.8) is 0 Å². The van der Waals surface area contributed by atoms with Crippen molar-refractivity contribution in [1.82, 2.24) is 5.32 Å². The average Bonchev–Trinajstić information content (AvgIpc) is 2.85. The lowest BCUT2D eigenvalue weighted by Gasteiger charge is -2.22. The molecule has 0 aliphatic carbocycles. The van der Waals surface area contributed by atoms with Gasteiger partial charge in [0.2, 0.25) is 0 Å². The molecule has 106 valence electrons. The molecule has 1 aromatic rings. The lowest BCUT2D eigenvalue weighted by atomic mass is 10.0. The minimum Gasteiger partial charge on any atom is -0.493 e. The van der Waals surface area contributed by atoms with E-state index in [1.165, 1.54) is 11.1 Å². The van der Waals surface area contributed by atoms with E-state index in [0.29, 0.717) is 12.0 Å². The van der Waals surface area contributed by atoms with Crippen LogP contribution in [-0.2, 0) is 17.7 Å². The highest BCUT2D eigenvalue weighted by Gasteiger charge is 2.15. The van der Waals surface area contributed by atoms with Crippen molar-refractivity contribution in [3.8, 4) is 5.75 Å². The number of hydrogen-bond donors (Lipinski definition) is 1. The summed E-state index contributed by atoms with van der Waals surface area (Å²) in [5.74, 6) is 1.63. The van der Waals surface area contributed by atoms with Crippen LogP contribution in [0.3, 0.4) is 0 Å². The molecule has 1 heterocycles. The molecule has 1 aromatic carbocycles. The third kappa shape index (κ3) is 3.95.